The van der Waals surface area contributed by atoms with Gasteiger partial charge in [0.1, 0.15) is 5.75 Å². The fourth-order valence-electron chi connectivity index (χ4n) is 3.60. The maximum atomic E-state index is 12.6. The van der Waals surface area contributed by atoms with E-state index in [1.54, 1.807) is 23.3 Å². The summed E-state index contributed by atoms with van der Waals surface area (Å²) in [6, 6.07) is 13.6. The van der Waals surface area contributed by atoms with Crippen molar-refractivity contribution < 1.29 is 14.3 Å². The fourth-order valence-corrected chi connectivity index (χ4v) is 4.41. The third-order valence-corrected chi connectivity index (χ3v) is 6.11. The number of hydrogen-bond donors (Lipinski definition) is 1. The van der Waals surface area contributed by atoms with E-state index in [-0.39, 0.29) is 24.2 Å². The van der Waals surface area contributed by atoms with E-state index in [9.17, 15) is 9.59 Å². The molecule has 6 nitrogen and oxygen atoms in total. The Kier molecular flexibility index (Phi) is 5.49. The number of ether oxygens (including phenoxy) is 1. The lowest BCUT2D eigenvalue weighted by Crippen LogP contribution is -2.34. The van der Waals surface area contributed by atoms with Gasteiger partial charge in [0, 0.05) is 25.2 Å². The highest BCUT2D eigenvalue weighted by atomic mass is 32.1. The second-order valence-electron chi connectivity index (χ2n) is 7.18. The summed E-state index contributed by atoms with van der Waals surface area (Å²) < 4.78 is 6.25. The van der Waals surface area contributed by atoms with Crippen LogP contribution in [0, 0.1) is 12.8 Å². The number of anilines is 1. The summed E-state index contributed by atoms with van der Waals surface area (Å²) in [6.45, 7) is 2.92. The lowest BCUT2D eigenvalue weighted by molar-refractivity contribution is -0.126. The molecule has 0 saturated carbocycles. The van der Waals surface area contributed by atoms with Crippen LogP contribution in [0.3, 0.4) is 0 Å². The summed E-state index contributed by atoms with van der Waals surface area (Å²) in [4.78, 5) is 31.3. The van der Waals surface area contributed by atoms with Gasteiger partial charge in [0.05, 0.1) is 28.3 Å². The van der Waals surface area contributed by atoms with Crippen molar-refractivity contribution in [3.05, 3.63) is 53.0 Å². The largest absolute Gasteiger partial charge is 0.497 e. The zero-order valence-electron chi connectivity index (χ0n) is 16.5. The molecule has 1 atom stereocenters. The van der Waals surface area contributed by atoms with E-state index >= 15 is 0 Å². The van der Waals surface area contributed by atoms with Crippen LogP contribution in [-0.4, -0.2) is 37.0 Å². The zero-order chi connectivity index (χ0) is 20.4. The van der Waals surface area contributed by atoms with Crippen molar-refractivity contribution in [1.82, 2.24) is 10.3 Å². The van der Waals surface area contributed by atoms with Crippen LogP contribution >= 0.6 is 11.3 Å². The van der Waals surface area contributed by atoms with Crippen molar-refractivity contribution >= 4 is 39.1 Å². The molecule has 0 aliphatic carbocycles. The minimum atomic E-state index is -0.328. The predicted octanol–water partition coefficient (Wildman–Crippen LogP) is 3.33. The molecule has 2 aromatic carbocycles. The van der Waals surface area contributed by atoms with Gasteiger partial charge in [-0.15, -0.1) is 11.3 Å². The number of nitrogens with one attached hydrogen (secondary N) is 1. The molecule has 150 valence electrons. The van der Waals surface area contributed by atoms with Gasteiger partial charge >= 0.3 is 0 Å². The average Bonchev–Trinajstić information content (AvgIpc) is 3.29. The van der Waals surface area contributed by atoms with Crippen LogP contribution in [0.25, 0.3) is 10.2 Å². The Morgan fingerprint density at radius 1 is 1.28 bits per heavy atom. The smallest absolute Gasteiger partial charge is 0.227 e. The van der Waals surface area contributed by atoms with Gasteiger partial charge in [-0.25, -0.2) is 4.98 Å². The normalized spacial score (nSPS) is 16.4. The quantitative estimate of drug-likeness (QED) is 0.678. The maximum Gasteiger partial charge on any atom is 0.227 e. The molecule has 1 aliphatic rings. The third-order valence-electron chi connectivity index (χ3n) is 5.16. The number of rotatable bonds is 6. The van der Waals surface area contributed by atoms with Crippen molar-refractivity contribution in [2.24, 2.45) is 5.92 Å². The number of aryl methyl sites for hydroxylation is 1. The van der Waals surface area contributed by atoms with Gasteiger partial charge in [-0.05, 0) is 49.2 Å². The van der Waals surface area contributed by atoms with E-state index in [1.165, 1.54) is 0 Å². The molecule has 7 heteroatoms. The lowest BCUT2D eigenvalue weighted by atomic mass is 10.1. The molecule has 29 heavy (non-hydrogen) atoms. The Labute approximate surface area is 173 Å². The number of carbonyl (C=O) groups excluding carboxylic acids is 2. The van der Waals surface area contributed by atoms with Gasteiger partial charge in [0.15, 0.2) is 0 Å². The first-order chi connectivity index (χ1) is 14.0. The Morgan fingerprint density at radius 3 is 2.83 bits per heavy atom. The standard InChI is InChI=1S/C22H23N3O3S/c1-14-24-19-12-17(5-8-20(19)29-14)25-13-16(11-21(25)26)22(27)23-10-9-15-3-6-18(28-2)7-4-15/h3-8,12,16H,9-11,13H2,1-2H3,(H,23,27). The van der Waals surface area contributed by atoms with E-state index in [1.807, 2.05) is 49.4 Å². The molecule has 0 radical (unpaired) electrons. The first-order valence-corrected chi connectivity index (χ1v) is 10.4. The molecule has 1 aromatic heterocycles. The molecule has 1 unspecified atom stereocenters. The molecule has 2 heterocycles. The van der Waals surface area contributed by atoms with Crippen LogP contribution in [-0.2, 0) is 16.0 Å². The summed E-state index contributed by atoms with van der Waals surface area (Å²) in [5.41, 5.74) is 2.83. The minimum absolute atomic E-state index is 0.0217. The summed E-state index contributed by atoms with van der Waals surface area (Å²) in [7, 11) is 1.64. The molecule has 3 aromatic rings. The van der Waals surface area contributed by atoms with E-state index in [0.717, 1.165) is 38.6 Å². The monoisotopic (exact) mass is 409 g/mol. The van der Waals surface area contributed by atoms with Crippen LogP contribution in [0.1, 0.15) is 17.0 Å². The van der Waals surface area contributed by atoms with E-state index in [4.69, 9.17) is 4.74 Å². The van der Waals surface area contributed by atoms with Crippen molar-refractivity contribution in [3.63, 3.8) is 0 Å². The number of aromatic nitrogens is 1. The highest BCUT2D eigenvalue weighted by molar-refractivity contribution is 7.18. The molecule has 1 N–H and O–H groups in total. The Hall–Kier alpha value is -2.93. The fraction of sp³-hybridized carbons (Fsp3) is 0.318. The van der Waals surface area contributed by atoms with E-state index in [2.05, 4.69) is 10.3 Å². The van der Waals surface area contributed by atoms with Gasteiger partial charge < -0.3 is 15.0 Å². The summed E-state index contributed by atoms with van der Waals surface area (Å²) in [6.07, 6.45) is 0.975. The maximum absolute atomic E-state index is 12.6. The molecular formula is C22H23N3O3S. The van der Waals surface area contributed by atoms with Crippen LogP contribution in [0.5, 0.6) is 5.75 Å². The Morgan fingerprint density at radius 2 is 2.07 bits per heavy atom. The molecule has 0 bridgehead atoms. The van der Waals surface area contributed by atoms with Gasteiger partial charge in [-0.3, -0.25) is 9.59 Å². The van der Waals surface area contributed by atoms with E-state index < -0.39 is 0 Å². The number of nitrogens with zero attached hydrogens (tertiary/aromatic N) is 2. The van der Waals surface area contributed by atoms with E-state index in [0.29, 0.717) is 13.1 Å². The highest BCUT2D eigenvalue weighted by Crippen LogP contribution is 2.30. The first-order valence-electron chi connectivity index (χ1n) is 9.61. The van der Waals surface area contributed by atoms with Crippen LogP contribution < -0.4 is 15.0 Å². The molecule has 1 saturated heterocycles. The molecule has 4 rings (SSSR count). The highest BCUT2D eigenvalue weighted by Gasteiger charge is 2.35. The van der Waals surface area contributed by atoms with Gasteiger partial charge in [0.25, 0.3) is 0 Å². The topological polar surface area (TPSA) is 71.5 Å². The summed E-state index contributed by atoms with van der Waals surface area (Å²) >= 11 is 1.63. The lowest BCUT2D eigenvalue weighted by Gasteiger charge is -2.16. The number of thiazole rings is 1. The second kappa shape index (κ2) is 8.21. The number of fused-ring (bicyclic) bond motifs is 1. The number of amides is 2. The number of hydrogen-bond acceptors (Lipinski definition) is 5. The van der Waals surface area contributed by atoms with Gasteiger partial charge in [0.2, 0.25) is 11.8 Å². The summed E-state index contributed by atoms with van der Waals surface area (Å²) in [5, 5.41) is 3.97. The minimum Gasteiger partial charge on any atom is -0.497 e. The van der Waals surface area contributed by atoms with Crippen molar-refractivity contribution in [2.75, 3.05) is 25.1 Å². The predicted molar refractivity (Wildman–Crippen MR) is 115 cm³/mol. The number of carbonyl (C=O) groups is 2. The van der Waals surface area contributed by atoms with Crippen LogP contribution in [0.2, 0.25) is 0 Å². The van der Waals surface area contributed by atoms with Crippen LogP contribution in [0.4, 0.5) is 5.69 Å². The third kappa shape index (κ3) is 4.24. The first kappa shape index (κ1) is 19.4. The van der Waals surface area contributed by atoms with Gasteiger partial charge in [-0.1, -0.05) is 12.1 Å². The molecule has 1 aliphatic heterocycles. The molecule has 2 amide bonds. The van der Waals surface area contributed by atoms with Crippen LogP contribution in [0.15, 0.2) is 42.5 Å². The van der Waals surface area contributed by atoms with Crippen molar-refractivity contribution in [1.29, 1.82) is 0 Å². The van der Waals surface area contributed by atoms with Gasteiger partial charge in [-0.2, -0.15) is 0 Å². The average molecular weight is 410 g/mol. The van der Waals surface area contributed by atoms with Crippen molar-refractivity contribution in [2.45, 2.75) is 19.8 Å². The SMILES string of the molecule is COc1ccc(CCNC(=O)C2CC(=O)N(c3ccc4sc(C)nc4c3)C2)cc1. The number of methoxy groups -OCH3 is 1. The Bertz CT molecular complexity index is 1050. The zero-order valence-corrected chi connectivity index (χ0v) is 17.3. The Balaban J connectivity index is 1.34. The molecule has 0 spiro atoms. The molecule has 1 fully saturated rings. The number of benzene rings is 2. The molecular weight excluding hydrogens is 386 g/mol. The second-order valence-corrected chi connectivity index (χ2v) is 8.41. The van der Waals surface area contributed by atoms with Crippen molar-refractivity contribution in [3.8, 4) is 5.75 Å². The summed E-state index contributed by atoms with van der Waals surface area (Å²) in [5.74, 6) is 0.395.